The average molecular weight is 262 g/mol. The van der Waals surface area contributed by atoms with Crippen molar-refractivity contribution in [1.82, 2.24) is 15.5 Å². The van der Waals surface area contributed by atoms with Crippen LogP contribution >= 0.6 is 12.4 Å². The summed E-state index contributed by atoms with van der Waals surface area (Å²) in [7, 11) is 0. The minimum absolute atomic E-state index is 0. The normalized spacial score (nSPS) is 24.4. The molecule has 2 fully saturated rings. The molecule has 6 heteroatoms. The van der Waals surface area contributed by atoms with Gasteiger partial charge in [0, 0.05) is 25.6 Å². The van der Waals surface area contributed by atoms with Gasteiger partial charge in [-0.15, -0.1) is 12.4 Å². The van der Waals surface area contributed by atoms with Gasteiger partial charge in [0.05, 0.1) is 6.54 Å². The fourth-order valence-electron chi connectivity index (χ4n) is 2.29. The highest BCUT2D eigenvalue weighted by Crippen LogP contribution is 2.08. The quantitative estimate of drug-likeness (QED) is 0.746. The van der Waals surface area contributed by atoms with Crippen LogP contribution in [0, 0.1) is 0 Å². The predicted molar refractivity (Wildman–Crippen MR) is 67.1 cm³/mol. The van der Waals surface area contributed by atoms with E-state index in [4.69, 9.17) is 0 Å². The van der Waals surface area contributed by atoms with Crippen molar-refractivity contribution in [2.24, 2.45) is 0 Å². The highest BCUT2D eigenvalue weighted by molar-refractivity contribution is 5.86. The molecule has 0 radical (unpaired) electrons. The van der Waals surface area contributed by atoms with Gasteiger partial charge in [0.2, 0.25) is 11.8 Å². The molecule has 1 atom stereocenters. The summed E-state index contributed by atoms with van der Waals surface area (Å²) in [4.78, 5) is 24.7. The zero-order chi connectivity index (χ0) is 11.4. The van der Waals surface area contributed by atoms with E-state index in [0.717, 1.165) is 38.9 Å². The van der Waals surface area contributed by atoms with Gasteiger partial charge in [0.1, 0.15) is 0 Å². The Hall–Kier alpha value is -0.810. The Balaban J connectivity index is 0.00000144. The molecule has 0 bridgehead atoms. The van der Waals surface area contributed by atoms with Crippen LogP contribution in [0.5, 0.6) is 0 Å². The lowest BCUT2D eigenvalue weighted by molar-refractivity contribution is -0.133. The summed E-state index contributed by atoms with van der Waals surface area (Å²) in [5, 5.41) is 6.22. The number of halogens is 1. The first-order chi connectivity index (χ1) is 7.75. The van der Waals surface area contributed by atoms with Crippen molar-refractivity contribution in [3.63, 3.8) is 0 Å². The Morgan fingerprint density at radius 3 is 2.88 bits per heavy atom. The van der Waals surface area contributed by atoms with E-state index in [-0.39, 0.29) is 36.8 Å². The van der Waals surface area contributed by atoms with Crippen molar-refractivity contribution in [3.05, 3.63) is 0 Å². The average Bonchev–Trinajstić information content (AvgIpc) is 2.66. The van der Waals surface area contributed by atoms with E-state index in [1.54, 1.807) is 4.90 Å². The van der Waals surface area contributed by atoms with Crippen molar-refractivity contribution in [2.45, 2.75) is 31.7 Å². The largest absolute Gasteiger partial charge is 0.351 e. The Morgan fingerprint density at radius 1 is 1.47 bits per heavy atom. The monoisotopic (exact) mass is 261 g/mol. The third-order valence-corrected chi connectivity index (χ3v) is 3.17. The lowest BCUT2D eigenvalue weighted by atomic mass is 10.1. The molecule has 0 aromatic carbocycles. The molecule has 2 rings (SSSR count). The van der Waals surface area contributed by atoms with Crippen molar-refractivity contribution < 1.29 is 9.59 Å². The summed E-state index contributed by atoms with van der Waals surface area (Å²) >= 11 is 0. The lowest BCUT2D eigenvalue weighted by Gasteiger charge is -2.25. The van der Waals surface area contributed by atoms with Gasteiger partial charge in [-0.05, 0) is 25.8 Å². The highest BCUT2D eigenvalue weighted by Gasteiger charge is 2.23. The molecule has 2 aliphatic rings. The molecule has 0 aromatic heterocycles. The van der Waals surface area contributed by atoms with Crippen LogP contribution < -0.4 is 10.6 Å². The number of rotatable bonds is 3. The molecule has 2 heterocycles. The standard InChI is InChI=1S/C11H19N3O2.ClH/c15-10(8-14-6-2-4-11(14)16)13-9-3-1-5-12-7-9;/h9,12H,1-8H2,(H,13,15);1H/t9-;/m1./s1. The smallest absolute Gasteiger partial charge is 0.239 e. The number of hydrogen-bond donors (Lipinski definition) is 2. The molecule has 2 N–H and O–H groups in total. The maximum Gasteiger partial charge on any atom is 0.239 e. The van der Waals surface area contributed by atoms with Crippen LogP contribution in [0.1, 0.15) is 25.7 Å². The summed E-state index contributed by atoms with van der Waals surface area (Å²) in [6, 6.07) is 0.235. The van der Waals surface area contributed by atoms with E-state index in [2.05, 4.69) is 10.6 Å². The van der Waals surface area contributed by atoms with Crippen LogP contribution in [-0.4, -0.2) is 48.9 Å². The molecule has 0 aromatic rings. The summed E-state index contributed by atoms with van der Waals surface area (Å²) in [6.45, 7) is 2.85. The van der Waals surface area contributed by atoms with Gasteiger partial charge in [-0.25, -0.2) is 0 Å². The van der Waals surface area contributed by atoms with Gasteiger partial charge in [-0.2, -0.15) is 0 Å². The van der Waals surface area contributed by atoms with Crippen LogP contribution in [-0.2, 0) is 9.59 Å². The number of carbonyl (C=O) groups is 2. The second kappa shape index (κ2) is 6.81. The fourth-order valence-corrected chi connectivity index (χ4v) is 2.29. The van der Waals surface area contributed by atoms with Crippen LogP contribution in [0.25, 0.3) is 0 Å². The molecule has 17 heavy (non-hydrogen) atoms. The number of likely N-dealkylation sites (tertiary alicyclic amines) is 1. The minimum atomic E-state index is -0.0241. The van der Waals surface area contributed by atoms with E-state index in [1.165, 1.54) is 0 Å². The van der Waals surface area contributed by atoms with Gasteiger partial charge in [0.15, 0.2) is 0 Å². The Morgan fingerprint density at radius 2 is 2.29 bits per heavy atom. The van der Waals surface area contributed by atoms with E-state index < -0.39 is 0 Å². The van der Waals surface area contributed by atoms with Crippen LogP contribution in [0.2, 0.25) is 0 Å². The number of piperidine rings is 1. The van der Waals surface area contributed by atoms with Crippen molar-refractivity contribution in [3.8, 4) is 0 Å². The number of nitrogens with one attached hydrogen (secondary N) is 2. The van der Waals surface area contributed by atoms with Crippen molar-refractivity contribution in [2.75, 3.05) is 26.2 Å². The molecule has 2 saturated heterocycles. The Kier molecular flexibility index (Phi) is 5.71. The second-order valence-corrected chi connectivity index (χ2v) is 4.53. The van der Waals surface area contributed by atoms with Crippen LogP contribution in [0.3, 0.4) is 0 Å². The van der Waals surface area contributed by atoms with E-state index in [0.29, 0.717) is 6.42 Å². The predicted octanol–water partition coefficient (Wildman–Crippen LogP) is -0.101. The van der Waals surface area contributed by atoms with Crippen LogP contribution in [0.15, 0.2) is 0 Å². The first-order valence-electron chi connectivity index (χ1n) is 6.03. The molecular formula is C11H20ClN3O2. The van der Waals surface area contributed by atoms with Gasteiger partial charge in [-0.1, -0.05) is 0 Å². The van der Waals surface area contributed by atoms with Gasteiger partial charge in [0.25, 0.3) is 0 Å². The fraction of sp³-hybridized carbons (Fsp3) is 0.818. The van der Waals surface area contributed by atoms with E-state index in [9.17, 15) is 9.59 Å². The Bertz CT molecular complexity index is 280. The van der Waals surface area contributed by atoms with Gasteiger partial charge in [-0.3, -0.25) is 9.59 Å². The molecule has 5 nitrogen and oxygen atoms in total. The van der Waals surface area contributed by atoms with Crippen LogP contribution in [0.4, 0.5) is 0 Å². The first-order valence-corrected chi connectivity index (χ1v) is 6.03. The van der Waals surface area contributed by atoms with Gasteiger partial charge >= 0.3 is 0 Å². The second-order valence-electron chi connectivity index (χ2n) is 4.53. The lowest BCUT2D eigenvalue weighted by Crippen LogP contribution is -2.48. The molecule has 0 spiro atoms. The zero-order valence-electron chi connectivity index (χ0n) is 9.91. The SMILES string of the molecule is Cl.O=C(CN1CCCC1=O)N[C@@H]1CCCNC1. The molecular weight excluding hydrogens is 242 g/mol. The summed E-state index contributed by atoms with van der Waals surface area (Å²) < 4.78 is 0. The van der Waals surface area contributed by atoms with Gasteiger partial charge < -0.3 is 15.5 Å². The van der Waals surface area contributed by atoms with E-state index in [1.807, 2.05) is 0 Å². The number of hydrogen-bond acceptors (Lipinski definition) is 3. The molecule has 0 saturated carbocycles. The maximum absolute atomic E-state index is 11.7. The van der Waals surface area contributed by atoms with Crippen molar-refractivity contribution >= 4 is 24.2 Å². The molecule has 0 unspecified atom stereocenters. The third-order valence-electron chi connectivity index (χ3n) is 3.17. The maximum atomic E-state index is 11.7. The van der Waals surface area contributed by atoms with Crippen molar-refractivity contribution in [1.29, 1.82) is 0 Å². The van der Waals surface area contributed by atoms with E-state index >= 15 is 0 Å². The summed E-state index contributed by atoms with van der Waals surface area (Å²) in [5.74, 6) is 0.0841. The third kappa shape index (κ3) is 4.16. The molecule has 98 valence electrons. The number of nitrogens with zero attached hydrogens (tertiary/aromatic N) is 1. The Labute approximate surface area is 108 Å². The molecule has 0 aliphatic carbocycles. The molecule has 2 amide bonds. The topological polar surface area (TPSA) is 61.4 Å². The summed E-state index contributed by atoms with van der Waals surface area (Å²) in [6.07, 6.45) is 3.62. The number of amides is 2. The minimum Gasteiger partial charge on any atom is -0.351 e. The zero-order valence-corrected chi connectivity index (χ0v) is 10.7. The highest BCUT2D eigenvalue weighted by atomic mass is 35.5. The molecule has 2 aliphatic heterocycles. The summed E-state index contributed by atoms with van der Waals surface area (Å²) in [5.41, 5.74) is 0. The number of carbonyl (C=O) groups excluding carboxylic acids is 2. The first kappa shape index (κ1) is 14.3.